The van der Waals surface area contributed by atoms with Gasteiger partial charge in [0.1, 0.15) is 0 Å². The second-order valence-electron chi connectivity index (χ2n) is 5.33. The number of aryl methyl sites for hydroxylation is 1. The van der Waals surface area contributed by atoms with Crippen molar-refractivity contribution < 1.29 is 4.79 Å². The maximum Gasteiger partial charge on any atom is 0.276 e. The number of nitrogens with two attached hydrogens (primary N) is 1. The number of aromatic amines is 1. The SMILES string of the molecule is CCc1[nH]nc(C(=O)N2CCCC(N(C)C)C2)c1N. The molecule has 1 aliphatic heterocycles. The largest absolute Gasteiger partial charge is 0.395 e. The molecule has 6 heteroatoms. The summed E-state index contributed by atoms with van der Waals surface area (Å²) in [6.07, 6.45) is 2.92. The number of nitrogen functional groups attached to an aromatic ring is 1. The molecule has 1 fully saturated rings. The highest BCUT2D eigenvalue weighted by Crippen LogP contribution is 2.20. The first kappa shape index (κ1) is 13.9. The third-order valence-corrected chi connectivity index (χ3v) is 3.85. The number of rotatable bonds is 3. The van der Waals surface area contributed by atoms with E-state index < -0.39 is 0 Å². The summed E-state index contributed by atoms with van der Waals surface area (Å²) >= 11 is 0. The van der Waals surface area contributed by atoms with Gasteiger partial charge in [-0.1, -0.05) is 6.92 Å². The Kier molecular flexibility index (Phi) is 4.09. The van der Waals surface area contributed by atoms with Crippen LogP contribution in [-0.4, -0.2) is 59.1 Å². The normalized spacial score (nSPS) is 20.0. The molecule has 0 spiro atoms. The number of nitrogens with one attached hydrogen (secondary N) is 1. The summed E-state index contributed by atoms with van der Waals surface area (Å²) in [5.41, 5.74) is 7.67. The number of hydrogen-bond donors (Lipinski definition) is 2. The van der Waals surface area contributed by atoms with Crippen molar-refractivity contribution in [3.05, 3.63) is 11.4 Å². The van der Waals surface area contributed by atoms with E-state index in [0.717, 1.165) is 38.0 Å². The zero-order chi connectivity index (χ0) is 14.0. The van der Waals surface area contributed by atoms with E-state index in [1.165, 1.54) is 0 Å². The lowest BCUT2D eigenvalue weighted by Gasteiger charge is -2.35. The Morgan fingerprint density at radius 3 is 2.89 bits per heavy atom. The molecule has 2 rings (SSSR count). The molecule has 2 heterocycles. The molecular weight excluding hydrogens is 242 g/mol. The molecule has 0 radical (unpaired) electrons. The molecule has 1 aromatic heterocycles. The Bertz CT molecular complexity index is 454. The molecule has 1 saturated heterocycles. The van der Waals surface area contributed by atoms with E-state index in [4.69, 9.17) is 5.73 Å². The molecule has 1 amide bonds. The summed E-state index contributed by atoms with van der Waals surface area (Å²) in [5.74, 6) is -0.0556. The summed E-state index contributed by atoms with van der Waals surface area (Å²) < 4.78 is 0. The average molecular weight is 265 g/mol. The van der Waals surface area contributed by atoms with Gasteiger partial charge in [0, 0.05) is 19.1 Å². The number of nitrogens with zero attached hydrogens (tertiary/aromatic N) is 3. The van der Waals surface area contributed by atoms with Gasteiger partial charge in [0.15, 0.2) is 5.69 Å². The summed E-state index contributed by atoms with van der Waals surface area (Å²) in [6.45, 7) is 3.53. The fourth-order valence-corrected chi connectivity index (χ4v) is 2.53. The predicted octanol–water partition coefficient (Wildman–Crippen LogP) is 0.721. The fourth-order valence-electron chi connectivity index (χ4n) is 2.53. The standard InChI is InChI=1S/C13H23N5O/c1-4-10-11(14)12(16-15-10)13(19)18-7-5-6-9(8-18)17(2)3/h9H,4-8,14H2,1-3H3,(H,15,16). The molecule has 1 atom stereocenters. The lowest BCUT2D eigenvalue weighted by atomic mass is 10.0. The Balaban J connectivity index is 2.12. The van der Waals surface area contributed by atoms with Crippen molar-refractivity contribution >= 4 is 11.6 Å². The van der Waals surface area contributed by atoms with Gasteiger partial charge in [-0.3, -0.25) is 9.89 Å². The number of hydrogen-bond acceptors (Lipinski definition) is 4. The van der Waals surface area contributed by atoms with Crippen molar-refractivity contribution in [1.82, 2.24) is 20.0 Å². The maximum absolute atomic E-state index is 12.5. The molecule has 0 bridgehead atoms. The number of carbonyl (C=O) groups excluding carboxylic acids is 1. The fraction of sp³-hybridized carbons (Fsp3) is 0.692. The number of carbonyl (C=O) groups is 1. The molecule has 6 nitrogen and oxygen atoms in total. The zero-order valence-corrected chi connectivity index (χ0v) is 11.9. The van der Waals surface area contributed by atoms with Gasteiger partial charge < -0.3 is 15.5 Å². The topological polar surface area (TPSA) is 78.2 Å². The van der Waals surface area contributed by atoms with Crippen LogP contribution >= 0.6 is 0 Å². The van der Waals surface area contributed by atoms with Gasteiger partial charge in [0.2, 0.25) is 0 Å². The van der Waals surface area contributed by atoms with Crippen LogP contribution in [0.3, 0.4) is 0 Å². The van der Waals surface area contributed by atoms with Crippen LogP contribution in [0.4, 0.5) is 5.69 Å². The first-order valence-corrected chi connectivity index (χ1v) is 6.83. The number of piperidine rings is 1. The monoisotopic (exact) mass is 265 g/mol. The van der Waals surface area contributed by atoms with Gasteiger partial charge in [0.05, 0.1) is 11.4 Å². The molecule has 3 N–H and O–H groups in total. The molecular formula is C13H23N5O. The first-order valence-electron chi connectivity index (χ1n) is 6.83. The van der Waals surface area contributed by atoms with Gasteiger partial charge in [-0.05, 0) is 33.4 Å². The second kappa shape index (κ2) is 5.61. The maximum atomic E-state index is 12.5. The number of H-pyrrole nitrogens is 1. The van der Waals surface area contributed by atoms with Crippen molar-refractivity contribution in [2.24, 2.45) is 0 Å². The predicted molar refractivity (Wildman–Crippen MR) is 75.0 cm³/mol. The number of anilines is 1. The highest BCUT2D eigenvalue weighted by molar-refractivity contribution is 5.97. The van der Waals surface area contributed by atoms with E-state index in [1.807, 2.05) is 11.8 Å². The summed E-state index contributed by atoms with van der Waals surface area (Å²) in [5, 5.41) is 6.92. The quantitative estimate of drug-likeness (QED) is 0.844. The van der Waals surface area contributed by atoms with Crippen LogP contribution in [0.15, 0.2) is 0 Å². The number of amides is 1. The molecule has 0 aromatic carbocycles. The van der Waals surface area contributed by atoms with Crippen LogP contribution in [-0.2, 0) is 6.42 Å². The first-order chi connectivity index (χ1) is 9.04. The third kappa shape index (κ3) is 2.73. The Hall–Kier alpha value is -1.56. The number of likely N-dealkylation sites (tertiary alicyclic amines) is 1. The van der Waals surface area contributed by atoms with Crippen molar-refractivity contribution in [1.29, 1.82) is 0 Å². The van der Waals surface area contributed by atoms with E-state index in [2.05, 4.69) is 29.2 Å². The van der Waals surface area contributed by atoms with Crippen LogP contribution in [0.1, 0.15) is 35.9 Å². The molecule has 1 unspecified atom stereocenters. The van der Waals surface area contributed by atoms with Gasteiger partial charge in [-0.15, -0.1) is 0 Å². The van der Waals surface area contributed by atoms with E-state index in [-0.39, 0.29) is 5.91 Å². The Labute approximate surface area is 113 Å². The van der Waals surface area contributed by atoms with E-state index in [0.29, 0.717) is 17.4 Å². The minimum Gasteiger partial charge on any atom is -0.395 e. The number of aromatic nitrogens is 2. The smallest absolute Gasteiger partial charge is 0.276 e. The highest BCUT2D eigenvalue weighted by atomic mass is 16.2. The van der Waals surface area contributed by atoms with Crippen molar-refractivity contribution in [2.75, 3.05) is 32.9 Å². The van der Waals surface area contributed by atoms with Crippen LogP contribution < -0.4 is 5.73 Å². The van der Waals surface area contributed by atoms with Gasteiger partial charge >= 0.3 is 0 Å². The molecule has 0 aliphatic carbocycles. The number of likely N-dealkylation sites (N-methyl/N-ethyl adjacent to an activating group) is 1. The summed E-state index contributed by atoms with van der Waals surface area (Å²) in [6, 6.07) is 0.420. The van der Waals surface area contributed by atoms with Gasteiger partial charge in [-0.2, -0.15) is 5.10 Å². The van der Waals surface area contributed by atoms with Crippen LogP contribution in [0.25, 0.3) is 0 Å². The average Bonchev–Trinajstić information content (AvgIpc) is 2.79. The summed E-state index contributed by atoms with van der Waals surface area (Å²) in [4.78, 5) is 16.5. The second-order valence-corrected chi connectivity index (χ2v) is 5.33. The lowest BCUT2D eigenvalue weighted by molar-refractivity contribution is 0.0630. The van der Waals surface area contributed by atoms with Crippen molar-refractivity contribution in [3.8, 4) is 0 Å². The lowest BCUT2D eigenvalue weighted by Crippen LogP contribution is -2.47. The molecule has 0 saturated carbocycles. The summed E-state index contributed by atoms with van der Waals surface area (Å²) in [7, 11) is 4.10. The molecule has 1 aliphatic rings. The van der Waals surface area contributed by atoms with Gasteiger partial charge in [0.25, 0.3) is 5.91 Å². The Morgan fingerprint density at radius 1 is 1.58 bits per heavy atom. The zero-order valence-electron chi connectivity index (χ0n) is 11.9. The minimum atomic E-state index is -0.0556. The van der Waals surface area contributed by atoms with E-state index >= 15 is 0 Å². The Morgan fingerprint density at radius 2 is 2.32 bits per heavy atom. The molecule has 19 heavy (non-hydrogen) atoms. The molecule has 1 aromatic rings. The van der Waals surface area contributed by atoms with E-state index in [1.54, 1.807) is 0 Å². The third-order valence-electron chi connectivity index (χ3n) is 3.85. The van der Waals surface area contributed by atoms with Crippen molar-refractivity contribution in [3.63, 3.8) is 0 Å². The van der Waals surface area contributed by atoms with Crippen LogP contribution in [0.5, 0.6) is 0 Å². The van der Waals surface area contributed by atoms with Gasteiger partial charge in [-0.25, -0.2) is 0 Å². The van der Waals surface area contributed by atoms with Crippen LogP contribution in [0, 0.1) is 0 Å². The minimum absolute atomic E-state index is 0.0556. The van der Waals surface area contributed by atoms with Crippen molar-refractivity contribution in [2.45, 2.75) is 32.2 Å². The highest BCUT2D eigenvalue weighted by Gasteiger charge is 2.28. The van der Waals surface area contributed by atoms with E-state index in [9.17, 15) is 4.79 Å². The molecule has 106 valence electrons. The van der Waals surface area contributed by atoms with Crippen LogP contribution in [0.2, 0.25) is 0 Å².